The molecule has 0 bridgehead atoms. The lowest BCUT2D eigenvalue weighted by molar-refractivity contribution is -0.129. The molecule has 2 saturated carbocycles. The second kappa shape index (κ2) is 6.56. The highest BCUT2D eigenvalue weighted by Crippen LogP contribution is 2.36. The van der Waals surface area contributed by atoms with E-state index in [9.17, 15) is 14.9 Å². The molecule has 0 unspecified atom stereocenters. The summed E-state index contributed by atoms with van der Waals surface area (Å²) in [6.45, 7) is 0. The summed E-state index contributed by atoms with van der Waals surface area (Å²) >= 11 is 3.35. The van der Waals surface area contributed by atoms with E-state index in [2.05, 4.69) is 32.6 Å². The standard InChI is InChI=1S/C18H20BrN3O2/c19-14-6-4-13(5-7-14)15(23)21-18(8-2-1-3-9-18)16(24)22-17(12-20)10-11-17/h4-7H,1-3,8-11H2,(H,21,23)(H,22,24). The number of hydrogen-bond acceptors (Lipinski definition) is 3. The molecular weight excluding hydrogens is 370 g/mol. The molecular formula is C18H20BrN3O2. The lowest BCUT2D eigenvalue weighted by atomic mass is 9.80. The van der Waals surface area contributed by atoms with Crippen LogP contribution in [0, 0.1) is 11.3 Å². The number of rotatable bonds is 4. The van der Waals surface area contributed by atoms with Gasteiger partial charge in [-0.1, -0.05) is 35.2 Å². The Hall–Kier alpha value is -1.87. The zero-order valence-corrected chi connectivity index (χ0v) is 15.0. The molecule has 0 atom stereocenters. The monoisotopic (exact) mass is 389 g/mol. The van der Waals surface area contributed by atoms with Gasteiger partial charge in [-0.2, -0.15) is 5.26 Å². The molecule has 2 aliphatic rings. The van der Waals surface area contributed by atoms with E-state index in [1.165, 1.54) is 0 Å². The van der Waals surface area contributed by atoms with E-state index in [1.807, 2.05) is 0 Å². The molecule has 2 aliphatic carbocycles. The third kappa shape index (κ3) is 3.46. The number of nitriles is 1. The highest BCUT2D eigenvalue weighted by molar-refractivity contribution is 9.10. The van der Waals surface area contributed by atoms with Crippen LogP contribution in [0.2, 0.25) is 0 Å². The van der Waals surface area contributed by atoms with E-state index in [0.717, 1.165) is 23.7 Å². The predicted molar refractivity (Wildman–Crippen MR) is 93.1 cm³/mol. The minimum atomic E-state index is -0.908. The van der Waals surface area contributed by atoms with Crippen LogP contribution in [0.4, 0.5) is 0 Å². The average Bonchev–Trinajstić information content (AvgIpc) is 3.36. The lowest BCUT2D eigenvalue weighted by Crippen LogP contribution is -2.61. The van der Waals surface area contributed by atoms with Crippen molar-refractivity contribution in [2.24, 2.45) is 0 Å². The largest absolute Gasteiger partial charge is 0.338 e. The molecule has 5 nitrogen and oxygen atoms in total. The summed E-state index contributed by atoms with van der Waals surface area (Å²) in [4.78, 5) is 25.5. The van der Waals surface area contributed by atoms with Gasteiger partial charge in [-0.15, -0.1) is 0 Å². The Labute approximate surface area is 149 Å². The summed E-state index contributed by atoms with van der Waals surface area (Å²) in [5, 5.41) is 15.1. The molecule has 0 radical (unpaired) electrons. The molecule has 1 aromatic rings. The van der Waals surface area contributed by atoms with Gasteiger partial charge in [0.1, 0.15) is 11.1 Å². The number of amides is 2. The fraction of sp³-hybridized carbons (Fsp3) is 0.500. The highest BCUT2D eigenvalue weighted by atomic mass is 79.9. The zero-order valence-electron chi connectivity index (χ0n) is 13.4. The van der Waals surface area contributed by atoms with Crippen molar-refractivity contribution in [3.8, 4) is 6.07 Å². The summed E-state index contributed by atoms with van der Waals surface area (Å²) in [5.41, 5.74) is -1.10. The van der Waals surface area contributed by atoms with E-state index in [0.29, 0.717) is 31.2 Å². The van der Waals surface area contributed by atoms with Crippen molar-refractivity contribution in [1.82, 2.24) is 10.6 Å². The van der Waals surface area contributed by atoms with Crippen molar-refractivity contribution in [3.63, 3.8) is 0 Å². The molecule has 2 fully saturated rings. The number of nitrogens with one attached hydrogen (secondary N) is 2. The van der Waals surface area contributed by atoms with E-state index in [1.54, 1.807) is 24.3 Å². The second-order valence-corrected chi connectivity index (χ2v) is 7.67. The van der Waals surface area contributed by atoms with Crippen LogP contribution in [-0.2, 0) is 4.79 Å². The molecule has 2 N–H and O–H groups in total. The van der Waals surface area contributed by atoms with Crippen molar-refractivity contribution in [2.45, 2.75) is 56.0 Å². The molecule has 0 heterocycles. The summed E-state index contributed by atoms with van der Waals surface area (Å²) in [6, 6.07) is 9.24. The Bertz CT molecular complexity index is 683. The number of halogens is 1. The fourth-order valence-electron chi connectivity index (χ4n) is 3.18. The summed E-state index contributed by atoms with van der Waals surface area (Å²) < 4.78 is 0.897. The Morgan fingerprint density at radius 2 is 1.62 bits per heavy atom. The molecule has 3 rings (SSSR count). The van der Waals surface area contributed by atoms with Gasteiger partial charge in [0.25, 0.3) is 5.91 Å². The SMILES string of the molecule is N#CC1(NC(=O)C2(NC(=O)c3ccc(Br)cc3)CCCCC2)CC1. The first kappa shape index (κ1) is 17.0. The Balaban J connectivity index is 1.78. The van der Waals surface area contributed by atoms with Crippen LogP contribution >= 0.6 is 15.9 Å². The van der Waals surface area contributed by atoms with Crippen molar-refractivity contribution < 1.29 is 9.59 Å². The Morgan fingerprint density at radius 1 is 1.00 bits per heavy atom. The van der Waals surface area contributed by atoms with Gasteiger partial charge in [0.15, 0.2) is 0 Å². The average molecular weight is 390 g/mol. The Morgan fingerprint density at radius 3 is 2.17 bits per heavy atom. The first-order valence-corrected chi connectivity index (χ1v) is 9.10. The van der Waals surface area contributed by atoms with Crippen LogP contribution in [0.15, 0.2) is 28.7 Å². The first-order chi connectivity index (χ1) is 11.5. The quantitative estimate of drug-likeness (QED) is 0.829. The summed E-state index contributed by atoms with van der Waals surface area (Å²) in [5.74, 6) is -0.465. The molecule has 126 valence electrons. The van der Waals surface area contributed by atoms with Gasteiger partial charge in [0.2, 0.25) is 5.91 Å². The highest BCUT2D eigenvalue weighted by Gasteiger charge is 2.50. The van der Waals surface area contributed by atoms with Crippen LogP contribution in [0.1, 0.15) is 55.3 Å². The molecule has 6 heteroatoms. The Kier molecular flexibility index (Phi) is 4.64. The van der Waals surface area contributed by atoms with Gasteiger partial charge in [0.05, 0.1) is 6.07 Å². The van der Waals surface area contributed by atoms with Gasteiger partial charge in [-0.05, 0) is 49.9 Å². The number of benzene rings is 1. The smallest absolute Gasteiger partial charge is 0.252 e. The summed E-state index contributed by atoms with van der Waals surface area (Å²) in [7, 11) is 0. The number of hydrogen-bond donors (Lipinski definition) is 2. The molecule has 1 aromatic carbocycles. The lowest BCUT2D eigenvalue weighted by Gasteiger charge is -2.37. The number of carbonyl (C=O) groups excluding carboxylic acids is 2. The molecule has 2 amide bonds. The van der Waals surface area contributed by atoms with Crippen molar-refractivity contribution in [2.75, 3.05) is 0 Å². The molecule has 0 aliphatic heterocycles. The third-order valence-electron chi connectivity index (χ3n) is 4.92. The van der Waals surface area contributed by atoms with Crippen LogP contribution < -0.4 is 10.6 Å². The molecule has 24 heavy (non-hydrogen) atoms. The maximum Gasteiger partial charge on any atom is 0.252 e. The molecule has 0 aromatic heterocycles. The van der Waals surface area contributed by atoms with Gasteiger partial charge in [-0.3, -0.25) is 9.59 Å². The second-order valence-electron chi connectivity index (χ2n) is 6.75. The van der Waals surface area contributed by atoms with E-state index >= 15 is 0 Å². The maximum atomic E-state index is 12.9. The predicted octanol–water partition coefficient (Wildman–Crippen LogP) is 3.05. The first-order valence-electron chi connectivity index (χ1n) is 8.31. The van der Waals surface area contributed by atoms with Gasteiger partial charge in [-0.25, -0.2) is 0 Å². The summed E-state index contributed by atoms with van der Waals surface area (Å²) in [6.07, 6.45) is 5.46. The molecule has 0 saturated heterocycles. The third-order valence-corrected chi connectivity index (χ3v) is 5.45. The maximum absolute atomic E-state index is 12.9. The van der Waals surface area contributed by atoms with Crippen LogP contribution in [-0.4, -0.2) is 22.9 Å². The number of carbonyl (C=O) groups is 2. The van der Waals surface area contributed by atoms with Gasteiger partial charge < -0.3 is 10.6 Å². The van der Waals surface area contributed by atoms with Crippen molar-refractivity contribution >= 4 is 27.7 Å². The zero-order chi connectivity index (χ0) is 17.2. The topological polar surface area (TPSA) is 82.0 Å². The van der Waals surface area contributed by atoms with Crippen molar-refractivity contribution in [1.29, 1.82) is 5.26 Å². The van der Waals surface area contributed by atoms with E-state index in [4.69, 9.17) is 0 Å². The minimum Gasteiger partial charge on any atom is -0.338 e. The normalized spacial score (nSPS) is 20.5. The number of nitrogens with zero attached hydrogens (tertiary/aromatic N) is 1. The van der Waals surface area contributed by atoms with Gasteiger partial charge in [0, 0.05) is 10.0 Å². The van der Waals surface area contributed by atoms with E-state index in [-0.39, 0.29) is 11.8 Å². The van der Waals surface area contributed by atoms with Crippen LogP contribution in [0.5, 0.6) is 0 Å². The van der Waals surface area contributed by atoms with Crippen LogP contribution in [0.25, 0.3) is 0 Å². The van der Waals surface area contributed by atoms with Crippen molar-refractivity contribution in [3.05, 3.63) is 34.3 Å². The fourth-order valence-corrected chi connectivity index (χ4v) is 3.45. The van der Waals surface area contributed by atoms with Gasteiger partial charge >= 0.3 is 0 Å². The van der Waals surface area contributed by atoms with Crippen LogP contribution in [0.3, 0.4) is 0 Å². The van der Waals surface area contributed by atoms with E-state index < -0.39 is 11.1 Å². The molecule has 0 spiro atoms. The minimum absolute atomic E-state index is 0.216.